The van der Waals surface area contributed by atoms with Gasteiger partial charge in [0, 0.05) is 17.3 Å². The number of hydrogen-bond donors (Lipinski definition) is 1. The zero-order valence-electron chi connectivity index (χ0n) is 18.9. The molecule has 1 N–H and O–H groups in total. The summed E-state index contributed by atoms with van der Waals surface area (Å²) in [5.74, 6) is 0.00395. The van der Waals surface area contributed by atoms with E-state index in [2.05, 4.69) is 17.0 Å². The second-order valence-electron chi connectivity index (χ2n) is 8.29. The maximum atomic E-state index is 13.8. The number of fused-ring (bicyclic) bond motifs is 2. The number of thioether (sulfide) groups is 2. The van der Waals surface area contributed by atoms with Crippen LogP contribution in [0.3, 0.4) is 0 Å². The molecule has 1 saturated heterocycles. The highest BCUT2D eigenvalue weighted by atomic mass is 32.2. The van der Waals surface area contributed by atoms with Crippen LogP contribution in [-0.2, 0) is 11.3 Å². The lowest BCUT2D eigenvalue weighted by atomic mass is 10.1. The Morgan fingerprint density at radius 2 is 1.60 bits per heavy atom. The number of nitrogens with zero attached hydrogens (tertiary/aromatic N) is 3. The van der Waals surface area contributed by atoms with E-state index in [1.165, 1.54) is 11.8 Å². The molecule has 0 saturated carbocycles. The van der Waals surface area contributed by atoms with Crippen molar-refractivity contribution >= 4 is 56.7 Å². The van der Waals surface area contributed by atoms with Gasteiger partial charge >= 0.3 is 0 Å². The van der Waals surface area contributed by atoms with Crippen molar-refractivity contribution < 1.29 is 9.90 Å². The number of carbonyl (C=O) groups is 1. The number of benzene rings is 4. The third kappa shape index (κ3) is 3.87. The summed E-state index contributed by atoms with van der Waals surface area (Å²) in [6.07, 6.45) is 0. The Morgan fingerprint density at radius 1 is 0.857 bits per heavy atom. The maximum Gasteiger partial charge on any atom is 0.269 e. The molecule has 0 aromatic heterocycles. The van der Waals surface area contributed by atoms with Crippen molar-refractivity contribution in [2.75, 3.05) is 11.9 Å². The second-order valence-corrected chi connectivity index (χ2v) is 10.3. The van der Waals surface area contributed by atoms with Gasteiger partial charge in [-0.15, -0.1) is 0 Å². The van der Waals surface area contributed by atoms with Crippen LogP contribution in [0, 0.1) is 0 Å². The van der Waals surface area contributed by atoms with Crippen molar-refractivity contribution in [1.29, 1.82) is 0 Å². The number of rotatable bonds is 3. The molecule has 0 atom stereocenters. The normalized spacial score (nSPS) is 18.7. The van der Waals surface area contributed by atoms with E-state index >= 15 is 0 Å². The predicted octanol–water partition coefficient (Wildman–Crippen LogP) is 6.72. The summed E-state index contributed by atoms with van der Waals surface area (Å²) < 4.78 is 0. The van der Waals surface area contributed by atoms with E-state index in [0.29, 0.717) is 22.3 Å². The van der Waals surface area contributed by atoms with Crippen molar-refractivity contribution in [1.82, 2.24) is 4.90 Å². The van der Waals surface area contributed by atoms with E-state index in [9.17, 15) is 9.90 Å². The van der Waals surface area contributed by atoms with Gasteiger partial charge in [-0.3, -0.25) is 9.69 Å². The minimum absolute atomic E-state index is 0.0838. The van der Waals surface area contributed by atoms with Gasteiger partial charge in [-0.25, -0.2) is 4.99 Å². The maximum absolute atomic E-state index is 13.8. The number of aromatic hydroxyl groups is 1. The van der Waals surface area contributed by atoms with Crippen molar-refractivity contribution in [2.45, 2.75) is 11.4 Å². The number of aliphatic imine (C=N–C) groups is 1. The predicted molar refractivity (Wildman–Crippen MR) is 145 cm³/mol. The first-order chi connectivity index (χ1) is 17.1. The van der Waals surface area contributed by atoms with Gasteiger partial charge in [0.05, 0.1) is 17.3 Å². The van der Waals surface area contributed by atoms with Gasteiger partial charge in [-0.1, -0.05) is 84.6 Å². The number of phenolic OH excluding ortho intramolecular Hbond substituents is 1. The molecule has 1 fully saturated rings. The lowest BCUT2D eigenvalue weighted by Gasteiger charge is -2.17. The van der Waals surface area contributed by atoms with Crippen LogP contribution in [0.5, 0.6) is 5.75 Å². The molecule has 0 spiro atoms. The molecule has 7 heteroatoms. The average Bonchev–Trinajstić information content (AvgIpc) is 3.38. The van der Waals surface area contributed by atoms with Gasteiger partial charge in [0.1, 0.15) is 16.3 Å². The molecule has 4 aromatic rings. The Hall–Kier alpha value is -3.68. The van der Waals surface area contributed by atoms with Crippen LogP contribution < -0.4 is 4.90 Å². The second kappa shape index (κ2) is 8.83. The van der Waals surface area contributed by atoms with E-state index in [-0.39, 0.29) is 11.7 Å². The van der Waals surface area contributed by atoms with E-state index < -0.39 is 0 Å². The van der Waals surface area contributed by atoms with E-state index in [0.717, 1.165) is 31.9 Å². The molecule has 172 valence electrons. The molecule has 1 amide bonds. The van der Waals surface area contributed by atoms with Gasteiger partial charge in [-0.2, -0.15) is 0 Å². The van der Waals surface area contributed by atoms with Crippen LogP contribution in [0.4, 0.5) is 11.4 Å². The van der Waals surface area contributed by atoms with Crippen LogP contribution in [0.2, 0.25) is 0 Å². The van der Waals surface area contributed by atoms with Crippen molar-refractivity contribution in [3.05, 3.63) is 106 Å². The zero-order chi connectivity index (χ0) is 23.9. The first-order valence-electron chi connectivity index (χ1n) is 11.2. The lowest BCUT2D eigenvalue weighted by molar-refractivity contribution is -0.122. The Bertz CT molecular complexity index is 1530. The highest BCUT2D eigenvalue weighted by Gasteiger charge is 2.39. The van der Waals surface area contributed by atoms with Crippen LogP contribution in [0.1, 0.15) is 5.56 Å². The Labute approximate surface area is 211 Å². The number of para-hydroxylation sites is 1. The fourth-order valence-corrected chi connectivity index (χ4v) is 6.61. The minimum Gasteiger partial charge on any atom is -0.506 e. The number of anilines is 1. The summed E-state index contributed by atoms with van der Waals surface area (Å²) in [6, 6.07) is 29.4. The molecule has 35 heavy (non-hydrogen) atoms. The van der Waals surface area contributed by atoms with Crippen LogP contribution in [0.25, 0.3) is 10.8 Å². The van der Waals surface area contributed by atoms with Gasteiger partial charge < -0.3 is 10.0 Å². The number of amidine groups is 1. The molecule has 4 aromatic carbocycles. The van der Waals surface area contributed by atoms with Crippen LogP contribution in [-0.4, -0.2) is 28.1 Å². The summed E-state index contributed by atoms with van der Waals surface area (Å²) in [6.45, 7) is 0.398. The smallest absolute Gasteiger partial charge is 0.269 e. The molecule has 6 rings (SSSR count). The lowest BCUT2D eigenvalue weighted by Crippen LogP contribution is -2.29. The summed E-state index contributed by atoms with van der Waals surface area (Å²) in [5.41, 5.74) is 2.57. The first-order valence-corrected chi connectivity index (χ1v) is 12.8. The summed E-state index contributed by atoms with van der Waals surface area (Å²) in [7, 11) is 1.99. The van der Waals surface area contributed by atoms with Crippen LogP contribution in [0.15, 0.2) is 111 Å². The molecule has 0 radical (unpaired) electrons. The third-order valence-electron chi connectivity index (χ3n) is 6.07. The third-order valence-corrected chi connectivity index (χ3v) is 8.50. The Kier molecular flexibility index (Phi) is 5.51. The van der Waals surface area contributed by atoms with Gasteiger partial charge in [0.25, 0.3) is 5.91 Å². The molecular formula is C28H21N3O2S2. The molecule has 2 aliphatic rings. The van der Waals surface area contributed by atoms with Gasteiger partial charge in [0.15, 0.2) is 5.17 Å². The molecule has 2 heterocycles. The highest BCUT2D eigenvalue weighted by Crippen LogP contribution is 2.50. The largest absolute Gasteiger partial charge is 0.506 e. The number of phenols is 1. The highest BCUT2D eigenvalue weighted by molar-refractivity contribution is 8.19. The molecule has 2 aliphatic heterocycles. The number of hydrogen-bond acceptors (Lipinski definition) is 6. The minimum atomic E-state index is -0.0838. The molecular weight excluding hydrogens is 474 g/mol. The summed E-state index contributed by atoms with van der Waals surface area (Å²) >= 11 is 2.96. The topological polar surface area (TPSA) is 56.1 Å². The first kappa shape index (κ1) is 21.8. The fourth-order valence-electron chi connectivity index (χ4n) is 4.28. The summed E-state index contributed by atoms with van der Waals surface area (Å²) in [5, 5.41) is 14.0. The fraction of sp³-hybridized carbons (Fsp3) is 0.0714. The number of carbonyl (C=O) groups excluding carboxylic acids is 1. The van der Waals surface area contributed by atoms with Crippen molar-refractivity contribution in [3.8, 4) is 5.75 Å². The monoisotopic (exact) mass is 495 g/mol. The quantitative estimate of drug-likeness (QED) is 0.320. The Balaban J connectivity index is 1.48. The van der Waals surface area contributed by atoms with E-state index in [1.807, 2.05) is 79.8 Å². The average molecular weight is 496 g/mol. The van der Waals surface area contributed by atoms with Crippen molar-refractivity contribution in [3.63, 3.8) is 0 Å². The Morgan fingerprint density at radius 3 is 2.43 bits per heavy atom. The van der Waals surface area contributed by atoms with Gasteiger partial charge in [-0.05, 0) is 40.9 Å². The molecule has 0 aliphatic carbocycles. The van der Waals surface area contributed by atoms with E-state index in [4.69, 9.17) is 4.99 Å². The molecule has 0 bridgehead atoms. The number of amides is 1. The molecule has 5 nitrogen and oxygen atoms in total. The van der Waals surface area contributed by atoms with Gasteiger partial charge in [0.2, 0.25) is 0 Å². The standard InChI is InChI=1S/C28H21N3O2S2/c1-30-21-13-7-8-14-23(21)34-27(30)25-26(33)31(17-18-9-3-2-4-10-18)28(35-25)29-24-20-12-6-5-11-19(20)15-16-22(24)32/h2-16,32H,17H2,1H3. The van der Waals surface area contributed by atoms with Crippen molar-refractivity contribution in [2.24, 2.45) is 4.99 Å². The van der Waals surface area contributed by atoms with E-state index in [1.54, 1.807) is 22.7 Å². The summed E-state index contributed by atoms with van der Waals surface area (Å²) in [4.78, 5) is 24.2. The van der Waals surface area contributed by atoms with Crippen LogP contribution >= 0.6 is 23.5 Å². The molecule has 0 unspecified atom stereocenters. The zero-order valence-corrected chi connectivity index (χ0v) is 20.5. The SMILES string of the molecule is CN1C(=C2SC(=Nc3c(O)ccc4ccccc34)N(Cc3ccccc3)C2=O)Sc2ccccc21.